The van der Waals surface area contributed by atoms with Crippen molar-refractivity contribution in [1.82, 2.24) is 14.8 Å². The van der Waals surface area contributed by atoms with Gasteiger partial charge in [0.25, 0.3) is 0 Å². The summed E-state index contributed by atoms with van der Waals surface area (Å²) in [6.45, 7) is 2.74. The number of pyridine rings is 1. The van der Waals surface area contributed by atoms with E-state index in [9.17, 15) is 0 Å². The normalized spacial score (nSPS) is 10.6. The molecule has 0 aliphatic heterocycles. The van der Waals surface area contributed by atoms with Crippen LogP contribution < -0.4 is 0 Å². The van der Waals surface area contributed by atoms with Crippen molar-refractivity contribution < 1.29 is 5.11 Å². The molecule has 0 radical (unpaired) electrons. The van der Waals surface area contributed by atoms with E-state index in [0.29, 0.717) is 6.54 Å². The Morgan fingerprint density at radius 1 is 1.44 bits per heavy atom. The maximum absolute atomic E-state index is 8.95. The number of rotatable bonds is 4. The molecular formula is C12H15N3O. The molecule has 4 heteroatoms. The van der Waals surface area contributed by atoms with Crippen molar-refractivity contribution in [2.24, 2.45) is 0 Å². The van der Waals surface area contributed by atoms with Crippen molar-refractivity contribution in [2.45, 2.75) is 19.9 Å². The van der Waals surface area contributed by atoms with E-state index >= 15 is 0 Å². The minimum absolute atomic E-state index is 0.112. The van der Waals surface area contributed by atoms with Crippen LogP contribution in [0.5, 0.6) is 0 Å². The first-order valence-corrected chi connectivity index (χ1v) is 5.43. The Morgan fingerprint density at radius 2 is 2.31 bits per heavy atom. The molecule has 0 atom stereocenters. The van der Waals surface area contributed by atoms with Crippen molar-refractivity contribution in [3.63, 3.8) is 0 Å². The number of aliphatic hydroxyl groups is 1. The molecule has 16 heavy (non-hydrogen) atoms. The zero-order valence-electron chi connectivity index (χ0n) is 9.30. The lowest BCUT2D eigenvalue weighted by molar-refractivity contribution is 0.267. The lowest BCUT2D eigenvalue weighted by Crippen LogP contribution is -2.07. The second-order valence-electron chi connectivity index (χ2n) is 3.56. The molecule has 84 valence electrons. The van der Waals surface area contributed by atoms with Gasteiger partial charge in [0.1, 0.15) is 0 Å². The summed E-state index contributed by atoms with van der Waals surface area (Å²) in [6, 6.07) is 5.93. The summed E-state index contributed by atoms with van der Waals surface area (Å²) < 4.78 is 1.85. The number of aryl methyl sites for hydroxylation is 1. The third-order valence-electron chi connectivity index (χ3n) is 2.49. The van der Waals surface area contributed by atoms with Crippen LogP contribution in [0.15, 0.2) is 30.6 Å². The molecule has 0 fully saturated rings. The third kappa shape index (κ3) is 2.12. The molecule has 1 N–H and O–H groups in total. The molecule has 4 nitrogen and oxygen atoms in total. The Balaban J connectivity index is 2.36. The predicted octanol–water partition coefficient (Wildman–Crippen LogP) is 1.50. The van der Waals surface area contributed by atoms with Crippen LogP contribution in [0.4, 0.5) is 0 Å². The van der Waals surface area contributed by atoms with E-state index in [1.807, 2.05) is 22.9 Å². The van der Waals surface area contributed by atoms with Crippen LogP contribution in [0.25, 0.3) is 11.3 Å². The first kappa shape index (κ1) is 10.8. The topological polar surface area (TPSA) is 50.9 Å². The predicted molar refractivity (Wildman–Crippen MR) is 61.9 cm³/mol. The van der Waals surface area contributed by atoms with Gasteiger partial charge in [-0.15, -0.1) is 0 Å². The van der Waals surface area contributed by atoms with Crippen LogP contribution in [-0.4, -0.2) is 26.5 Å². The molecule has 2 aromatic rings. The number of nitrogens with zero attached hydrogens (tertiary/aromatic N) is 3. The highest BCUT2D eigenvalue weighted by Crippen LogP contribution is 2.18. The fourth-order valence-corrected chi connectivity index (χ4v) is 1.68. The Kier molecular flexibility index (Phi) is 3.31. The Bertz CT molecular complexity index is 451. The molecule has 2 rings (SSSR count). The minimum Gasteiger partial charge on any atom is -0.394 e. The molecule has 0 aromatic carbocycles. The lowest BCUT2D eigenvalue weighted by atomic mass is 10.2. The second kappa shape index (κ2) is 4.90. The van der Waals surface area contributed by atoms with Gasteiger partial charge in [0.15, 0.2) is 0 Å². The molecule has 0 bridgehead atoms. The number of hydrogen-bond donors (Lipinski definition) is 1. The number of aromatic nitrogens is 3. The first-order chi connectivity index (χ1) is 7.85. The SMILES string of the molecule is CCc1cc(-c2cccnc2)nn1CCO. The van der Waals surface area contributed by atoms with Gasteiger partial charge in [-0.25, -0.2) is 0 Å². The Morgan fingerprint density at radius 3 is 2.94 bits per heavy atom. The molecule has 2 heterocycles. The fourth-order valence-electron chi connectivity index (χ4n) is 1.68. The Labute approximate surface area is 94.6 Å². The third-order valence-corrected chi connectivity index (χ3v) is 2.49. The summed E-state index contributed by atoms with van der Waals surface area (Å²) in [5.41, 5.74) is 3.06. The van der Waals surface area contributed by atoms with Gasteiger partial charge < -0.3 is 5.11 Å². The van der Waals surface area contributed by atoms with Crippen LogP contribution in [0.1, 0.15) is 12.6 Å². The summed E-state index contributed by atoms with van der Waals surface area (Å²) in [6.07, 6.45) is 4.45. The summed E-state index contributed by atoms with van der Waals surface area (Å²) in [5, 5.41) is 13.4. The quantitative estimate of drug-likeness (QED) is 0.844. The van der Waals surface area contributed by atoms with Gasteiger partial charge >= 0.3 is 0 Å². The van der Waals surface area contributed by atoms with Crippen LogP contribution in [0.3, 0.4) is 0 Å². The van der Waals surface area contributed by atoms with E-state index in [1.54, 1.807) is 12.4 Å². The summed E-state index contributed by atoms with van der Waals surface area (Å²) in [4.78, 5) is 4.07. The molecule has 0 aliphatic carbocycles. The van der Waals surface area contributed by atoms with E-state index in [1.165, 1.54) is 0 Å². The van der Waals surface area contributed by atoms with Crippen molar-refractivity contribution in [3.05, 3.63) is 36.3 Å². The largest absolute Gasteiger partial charge is 0.394 e. The van der Waals surface area contributed by atoms with Crippen molar-refractivity contribution >= 4 is 0 Å². The average molecular weight is 217 g/mol. The zero-order valence-corrected chi connectivity index (χ0v) is 9.30. The van der Waals surface area contributed by atoms with Crippen LogP contribution in [0.2, 0.25) is 0 Å². The molecule has 0 spiro atoms. The van der Waals surface area contributed by atoms with Gasteiger partial charge in [0.2, 0.25) is 0 Å². The zero-order chi connectivity index (χ0) is 11.4. The molecular weight excluding hydrogens is 202 g/mol. The molecule has 0 unspecified atom stereocenters. The smallest absolute Gasteiger partial charge is 0.0941 e. The van der Waals surface area contributed by atoms with Gasteiger partial charge in [-0.1, -0.05) is 6.92 Å². The van der Waals surface area contributed by atoms with Crippen molar-refractivity contribution in [2.75, 3.05) is 6.61 Å². The summed E-state index contributed by atoms with van der Waals surface area (Å²) in [7, 11) is 0. The highest BCUT2D eigenvalue weighted by molar-refractivity contribution is 5.57. The number of aliphatic hydroxyl groups excluding tert-OH is 1. The van der Waals surface area contributed by atoms with E-state index in [4.69, 9.17) is 5.11 Å². The van der Waals surface area contributed by atoms with Gasteiger partial charge in [-0.3, -0.25) is 9.67 Å². The molecule has 2 aromatic heterocycles. The van der Waals surface area contributed by atoms with Gasteiger partial charge in [-0.05, 0) is 24.6 Å². The van der Waals surface area contributed by atoms with Gasteiger partial charge in [0.05, 0.1) is 18.8 Å². The number of hydrogen-bond acceptors (Lipinski definition) is 3. The van der Waals surface area contributed by atoms with E-state index < -0.39 is 0 Å². The van der Waals surface area contributed by atoms with Crippen LogP contribution in [-0.2, 0) is 13.0 Å². The van der Waals surface area contributed by atoms with Gasteiger partial charge in [-0.2, -0.15) is 5.10 Å². The minimum atomic E-state index is 0.112. The van der Waals surface area contributed by atoms with E-state index in [2.05, 4.69) is 17.0 Å². The lowest BCUT2D eigenvalue weighted by Gasteiger charge is -2.01. The summed E-state index contributed by atoms with van der Waals surface area (Å²) >= 11 is 0. The molecule has 0 saturated carbocycles. The van der Waals surface area contributed by atoms with E-state index in [0.717, 1.165) is 23.4 Å². The average Bonchev–Trinajstić information content (AvgIpc) is 2.74. The molecule has 0 aliphatic rings. The van der Waals surface area contributed by atoms with Crippen molar-refractivity contribution in [3.8, 4) is 11.3 Å². The second-order valence-corrected chi connectivity index (χ2v) is 3.56. The summed E-state index contributed by atoms with van der Waals surface area (Å²) in [5.74, 6) is 0. The highest BCUT2D eigenvalue weighted by Gasteiger charge is 2.07. The fraction of sp³-hybridized carbons (Fsp3) is 0.333. The standard InChI is InChI=1S/C12H15N3O/c1-2-11-8-12(14-15(11)6-7-16)10-4-3-5-13-9-10/h3-5,8-9,16H,2,6-7H2,1H3. The highest BCUT2D eigenvalue weighted by atomic mass is 16.3. The van der Waals surface area contributed by atoms with Crippen LogP contribution >= 0.6 is 0 Å². The monoisotopic (exact) mass is 217 g/mol. The maximum atomic E-state index is 8.95. The first-order valence-electron chi connectivity index (χ1n) is 5.43. The Hall–Kier alpha value is -1.68. The van der Waals surface area contributed by atoms with E-state index in [-0.39, 0.29) is 6.61 Å². The van der Waals surface area contributed by atoms with Crippen molar-refractivity contribution in [1.29, 1.82) is 0 Å². The molecule has 0 saturated heterocycles. The molecule has 0 amide bonds. The van der Waals surface area contributed by atoms with Crippen LogP contribution in [0, 0.1) is 0 Å². The maximum Gasteiger partial charge on any atom is 0.0941 e. The van der Waals surface area contributed by atoms with Gasteiger partial charge in [0, 0.05) is 23.7 Å².